The monoisotopic (exact) mass is 337 g/mol. The maximum Gasteiger partial charge on any atom is 0.321 e. The molecule has 0 aliphatic carbocycles. The molecule has 2 N–H and O–H groups in total. The van der Waals surface area contributed by atoms with Crippen molar-refractivity contribution in [2.75, 3.05) is 19.1 Å². The minimum absolute atomic E-state index is 0.0916. The normalized spacial score (nSPS) is 12.9. The fourth-order valence-corrected chi connectivity index (χ4v) is 3.24. The molecule has 0 saturated carbocycles. The number of nitrogens with one attached hydrogen (secondary N) is 1. The maximum absolute atomic E-state index is 13.5. The largest absolute Gasteiger partial charge is 0.494 e. The zero-order valence-corrected chi connectivity index (χ0v) is 13.1. The average Bonchev–Trinajstić information content (AvgIpc) is 2.43. The highest BCUT2D eigenvalue weighted by molar-refractivity contribution is 7.98. The summed E-state index contributed by atoms with van der Waals surface area (Å²) in [6, 6.07) is 1.85. The molecule has 0 bridgehead atoms. The summed E-state index contributed by atoms with van der Waals surface area (Å²) >= 11 is 1.40. The van der Waals surface area contributed by atoms with Crippen molar-refractivity contribution < 1.29 is 27.4 Å². The van der Waals surface area contributed by atoms with Crippen LogP contribution in [0.4, 0.5) is 4.39 Å². The predicted octanol–water partition coefficient (Wildman–Crippen LogP) is 1.32. The van der Waals surface area contributed by atoms with E-state index in [9.17, 15) is 17.6 Å². The van der Waals surface area contributed by atoms with Gasteiger partial charge in [-0.2, -0.15) is 16.5 Å². The Morgan fingerprint density at radius 3 is 2.67 bits per heavy atom. The molecule has 0 saturated heterocycles. The number of rotatable bonds is 8. The number of carbonyl (C=O) groups is 1. The molecule has 0 unspecified atom stereocenters. The van der Waals surface area contributed by atoms with Crippen molar-refractivity contribution in [2.45, 2.75) is 17.4 Å². The summed E-state index contributed by atoms with van der Waals surface area (Å²) < 4.78 is 44.4. The highest BCUT2D eigenvalue weighted by Crippen LogP contribution is 2.21. The summed E-state index contributed by atoms with van der Waals surface area (Å²) in [5.74, 6) is -1.72. The Morgan fingerprint density at radius 2 is 2.19 bits per heavy atom. The molecule has 0 radical (unpaired) electrons. The van der Waals surface area contributed by atoms with E-state index in [0.717, 1.165) is 12.1 Å². The first kappa shape index (κ1) is 17.7. The van der Waals surface area contributed by atoms with E-state index in [2.05, 4.69) is 4.72 Å². The maximum atomic E-state index is 13.5. The van der Waals surface area contributed by atoms with E-state index >= 15 is 0 Å². The summed E-state index contributed by atoms with van der Waals surface area (Å²) in [6.45, 7) is 0. The number of methoxy groups -OCH3 is 1. The molecule has 0 aromatic heterocycles. The molecule has 0 spiro atoms. The van der Waals surface area contributed by atoms with E-state index in [1.165, 1.54) is 24.9 Å². The van der Waals surface area contributed by atoms with Crippen molar-refractivity contribution in [1.82, 2.24) is 4.72 Å². The van der Waals surface area contributed by atoms with E-state index in [1.54, 1.807) is 6.26 Å². The second-order valence-electron chi connectivity index (χ2n) is 4.09. The van der Waals surface area contributed by atoms with Gasteiger partial charge in [-0.25, -0.2) is 12.8 Å². The van der Waals surface area contributed by atoms with Gasteiger partial charge in [-0.1, -0.05) is 0 Å². The molecule has 0 aliphatic rings. The van der Waals surface area contributed by atoms with E-state index in [1.807, 2.05) is 0 Å². The van der Waals surface area contributed by atoms with Gasteiger partial charge in [0.1, 0.15) is 6.04 Å². The second-order valence-corrected chi connectivity index (χ2v) is 6.79. The predicted molar refractivity (Wildman–Crippen MR) is 77.7 cm³/mol. The first-order chi connectivity index (χ1) is 9.81. The number of thioether (sulfide) groups is 1. The van der Waals surface area contributed by atoms with Gasteiger partial charge in [0.25, 0.3) is 0 Å². The van der Waals surface area contributed by atoms with Crippen LogP contribution >= 0.6 is 11.8 Å². The number of carboxylic acid groups (broad SMARTS) is 1. The molecule has 1 atom stereocenters. The van der Waals surface area contributed by atoms with Gasteiger partial charge < -0.3 is 9.84 Å². The van der Waals surface area contributed by atoms with Crippen molar-refractivity contribution in [1.29, 1.82) is 0 Å². The van der Waals surface area contributed by atoms with E-state index < -0.39 is 27.9 Å². The van der Waals surface area contributed by atoms with Crippen molar-refractivity contribution in [3.05, 3.63) is 24.0 Å². The SMILES string of the molecule is COc1ccc(S(=O)(=O)N[C@@H](CCSC)C(=O)O)cc1F. The van der Waals surface area contributed by atoms with Crippen LogP contribution in [0.5, 0.6) is 5.75 Å². The van der Waals surface area contributed by atoms with Gasteiger partial charge in [0.15, 0.2) is 11.6 Å². The number of sulfonamides is 1. The zero-order chi connectivity index (χ0) is 16.0. The first-order valence-electron chi connectivity index (χ1n) is 5.89. The lowest BCUT2D eigenvalue weighted by atomic mass is 10.2. The standard InChI is InChI=1S/C12H16FNO5S2/c1-19-11-4-3-8(7-9(11)13)21(17,18)14-10(12(15)16)5-6-20-2/h3-4,7,10,14H,5-6H2,1-2H3,(H,15,16)/t10-/m0/s1. The van der Waals surface area contributed by atoms with Crippen molar-refractivity contribution in [3.8, 4) is 5.75 Å². The third kappa shape index (κ3) is 4.87. The Hall–Kier alpha value is -1.32. The molecule has 0 amide bonds. The van der Waals surface area contributed by atoms with Gasteiger partial charge >= 0.3 is 5.97 Å². The van der Waals surface area contributed by atoms with Gasteiger partial charge in [0.2, 0.25) is 10.0 Å². The van der Waals surface area contributed by atoms with Crippen LogP contribution in [0.15, 0.2) is 23.1 Å². The smallest absolute Gasteiger partial charge is 0.321 e. The Bertz CT molecular complexity index is 606. The lowest BCUT2D eigenvalue weighted by Gasteiger charge is -2.14. The van der Waals surface area contributed by atoms with Crippen molar-refractivity contribution in [3.63, 3.8) is 0 Å². The van der Waals surface area contributed by atoms with E-state index in [-0.39, 0.29) is 17.1 Å². The molecular formula is C12H16FNO5S2. The van der Waals surface area contributed by atoms with Crippen LogP contribution in [-0.2, 0) is 14.8 Å². The molecule has 0 heterocycles. The number of aliphatic carboxylic acids is 1. The molecule has 0 fully saturated rings. The van der Waals surface area contributed by atoms with Crippen LogP contribution in [0.25, 0.3) is 0 Å². The third-order valence-corrected chi connectivity index (χ3v) is 4.75. The molecule has 1 aromatic rings. The number of hydrogen-bond acceptors (Lipinski definition) is 5. The summed E-state index contributed by atoms with van der Waals surface area (Å²) in [7, 11) is -2.86. The van der Waals surface area contributed by atoms with Crippen LogP contribution in [0.2, 0.25) is 0 Å². The second kappa shape index (κ2) is 7.62. The van der Waals surface area contributed by atoms with Gasteiger partial charge in [-0.3, -0.25) is 4.79 Å². The average molecular weight is 337 g/mol. The van der Waals surface area contributed by atoms with E-state index in [4.69, 9.17) is 9.84 Å². The Balaban J connectivity index is 2.99. The molecule has 21 heavy (non-hydrogen) atoms. The molecular weight excluding hydrogens is 321 g/mol. The molecule has 1 aromatic carbocycles. The summed E-state index contributed by atoms with van der Waals surface area (Å²) in [5.41, 5.74) is 0. The number of carboxylic acids is 1. The Labute approximate surface area is 126 Å². The fraction of sp³-hybridized carbons (Fsp3) is 0.417. The van der Waals surface area contributed by atoms with Crippen LogP contribution in [0, 0.1) is 5.82 Å². The van der Waals surface area contributed by atoms with Crippen LogP contribution < -0.4 is 9.46 Å². The zero-order valence-electron chi connectivity index (χ0n) is 11.5. The number of benzene rings is 1. The fourth-order valence-electron chi connectivity index (χ4n) is 1.54. The number of halogens is 1. The Morgan fingerprint density at radius 1 is 1.52 bits per heavy atom. The summed E-state index contributed by atoms with van der Waals surface area (Å²) in [5, 5.41) is 9.02. The van der Waals surface area contributed by atoms with Crippen molar-refractivity contribution >= 4 is 27.8 Å². The lowest BCUT2D eigenvalue weighted by molar-refractivity contribution is -0.139. The molecule has 118 valence electrons. The summed E-state index contributed by atoms with van der Waals surface area (Å²) in [6.07, 6.45) is 1.92. The minimum atomic E-state index is -4.12. The van der Waals surface area contributed by atoms with Crippen LogP contribution in [0.1, 0.15) is 6.42 Å². The lowest BCUT2D eigenvalue weighted by Crippen LogP contribution is -2.41. The summed E-state index contributed by atoms with van der Waals surface area (Å²) in [4.78, 5) is 10.7. The Kier molecular flexibility index (Phi) is 6.43. The third-order valence-electron chi connectivity index (χ3n) is 2.64. The quantitative estimate of drug-likeness (QED) is 0.743. The number of ether oxygens (including phenoxy) is 1. The van der Waals surface area contributed by atoms with Gasteiger partial charge in [-0.15, -0.1) is 0 Å². The molecule has 1 rings (SSSR count). The van der Waals surface area contributed by atoms with Gasteiger partial charge in [0.05, 0.1) is 12.0 Å². The first-order valence-corrected chi connectivity index (χ1v) is 8.77. The van der Waals surface area contributed by atoms with Crippen LogP contribution in [-0.4, -0.2) is 44.7 Å². The van der Waals surface area contributed by atoms with E-state index in [0.29, 0.717) is 5.75 Å². The highest BCUT2D eigenvalue weighted by atomic mass is 32.2. The molecule has 0 aliphatic heterocycles. The molecule has 6 nitrogen and oxygen atoms in total. The molecule has 9 heteroatoms. The van der Waals surface area contributed by atoms with Gasteiger partial charge in [-0.05, 0) is 36.6 Å². The topological polar surface area (TPSA) is 92.7 Å². The van der Waals surface area contributed by atoms with Crippen LogP contribution in [0.3, 0.4) is 0 Å². The van der Waals surface area contributed by atoms with Crippen molar-refractivity contribution in [2.24, 2.45) is 0 Å². The minimum Gasteiger partial charge on any atom is -0.494 e. The number of hydrogen-bond donors (Lipinski definition) is 2. The highest BCUT2D eigenvalue weighted by Gasteiger charge is 2.25. The van der Waals surface area contributed by atoms with Gasteiger partial charge in [0, 0.05) is 0 Å².